The number of amides is 1. The van der Waals surface area contributed by atoms with Gasteiger partial charge < -0.3 is 14.6 Å². The van der Waals surface area contributed by atoms with Crippen molar-refractivity contribution in [3.63, 3.8) is 0 Å². The molecule has 0 atom stereocenters. The standard InChI is InChI=1S/C14H20BNO3S/c1-13(2)14(3,4)19-15(18-13)11-8-9-10(20-11)6-5-7-16-12(9)17/h8H,5-7H2,1-4H3,(H,16,17). The van der Waals surface area contributed by atoms with Crippen LogP contribution in [0.25, 0.3) is 0 Å². The Morgan fingerprint density at radius 2 is 1.90 bits per heavy atom. The molecule has 0 aromatic carbocycles. The number of carbonyl (C=O) groups excluding carboxylic acids is 1. The molecule has 2 aliphatic rings. The molecule has 6 heteroatoms. The molecule has 2 aliphatic heterocycles. The van der Waals surface area contributed by atoms with Gasteiger partial charge in [-0.05, 0) is 46.6 Å². The number of rotatable bonds is 1. The van der Waals surface area contributed by atoms with Crippen LogP contribution >= 0.6 is 11.3 Å². The molecule has 1 saturated heterocycles. The largest absolute Gasteiger partial charge is 0.505 e. The fourth-order valence-electron chi connectivity index (χ4n) is 2.45. The first-order chi connectivity index (χ1) is 9.30. The summed E-state index contributed by atoms with van der Waals surface area (Å²) in [7, 11) is -0.371. The van der Waals surface area contributed by atoms with Crippen molar-refractivity contribution in [1.29, 1.82) is 0 Å². The molecule has 3 rings (SSSR count). The Morgan fingerprint density at radius 1 is 1.25 bits per heavy atom. The first-order valence-corrected chi connectivity index (χ1v) is 7.88. The molecule has 0 bridgehead atoms. The Hall–Kier alpha value is -0.845. The highest BCUT2D eigenvalue weighted by molar-refractivity contribution is 7.22. The van der Waals surface area contributed by atoms with Gasteiger partial charge in [-0.3, -0.25) is 4.79 Å². The lowest BCUT2D eigenvalue weighted by Crippen LogP contribution is -2.41. The van der Waals surface area contributed by atoms with Crippen LogP contribution in [0.5, 0.6) is 0 Å². The molecular formula is C14H20BNO3S. The summed E-state index contributed by atoms with van der Waals surface area (Å²) in [5.41, 5.74) is 0.0972. The summed E-state index contributed by atoms with van der Waals surface area (Å²) < 4.78 is 13.1. The second kappa shape index (κ2) is 4.58. The number of carbonyl (C=O) groups is 1. The lowest BCUT2D eigenvalue weighted by molar-refractivity contribution is 0.00578. The Labute approximate surface area is 124 Å². The van der Waals surface area contributed by atoms with Gasteiger partial charge in [0.15, 0.2) is 0 Å². The van der Waals surface area contributed by atoms with Gasteiger partial charge in [-0.2, -0.15) is 0 Å². The SMILES string of the molecule is CC1(C)OB(c2cc3c(s2)CCCNC3=O)OC1(C)C. The number of aryl methyl sites for hydroxylation is 1. The molecule has 3 heterocycles. The van der Waals surface area contributed by atoms with Crippen LogP contribution in [0.2, 0.25) is 0 Å². The quantitative estimate of drug-likeness (QED) is 0.802. The van der Waals surface area contributed by atoms with Gasteiger partial charge >= 0.3 is 7.12 Å². The second-order valence-corrected chi connectivity index (χ2v) is 7.60. The molecule has 0 aliphatic carbocycles. The molecule has 1 aromatic rings. The third-order valence-corrected chi connectivity index (χ3v) is 5.64. The van der Waals surface area contributed by atoms with Gasteiger partial charge in [0.25, 0.3) is 5.91 Å². The minimum absolute atomic E-state index is 0.0246. The fraction of sp³-hybridized carbons (Fsp3) is 0.643. The predicted molar refractivity (Wildman–Crippen MR) is 80.7 cm³/mol. The van der Waals surface area contributed by atoms with Crippen molar-refractivity contribution in [2.45, 2.75) is 51.7 Å². The summed E-state index contributed by atoms with van der Waals surface area (Å²) in [6.07, 6.45) is 1.93. The summed E-state index contributed by atoms with van der Waals surface area (Å²) in [6, 6.07) is 1.93. The topological polar surface area (TPSA) is 47.6 Å². The van der Waals surface area contributed by atoms with E-state index < -0.39 is 0 Å². The first-order valence-electron chi connectivity index (χ1n) is 7.07. The molecule has 20 heavy (non-hydrogen) atoms. The van der Waals surface area contributed by atoms with Crippen molar-refractivity contribution in [2.24, 2.45) is 0 Å². The smallest absolute Gasteiger partial charge is 0.399 e. The van der Waals surface area contributed by atoms with E-state index in [4.69, 9.17) is 9.31 Å². The predicted octanol–water partition coefficient (Wildman–Crippen LogP) is 1.72. The fourth-order valence-corrected chi connectivity index (χ4v) is 3.61. The van der Waals surface area contributed by atoms with E-state index in [1.54, 1.807) is 11.3 Å². The highest BCUT2D eigenvalue weighted by atomic mass is 32.1. The average Bonchev–Trinajstić information content (AvgIpc) is 2.79. The van der Waals surface area contributed by atoms with E-state index in [0.717, 1.165) is 34.6 Å². The van der Waals surface area contributed by atoms with Crippen molar-refractivity contribution in [1.82, 2.24) is 5.32 Å². The van der Waals surface area contributed by atoms with Gasteiger partial charge in [-0.25, -0.2) is 0 Å². The molecule has 1 fully saturated rings. The first kappa shape index (κ1) is 14.1. The molecule has 0 saturated carbocycles. The molecule has 0 unspecified atom stereocenters. The maximum atomic E-state index is 12.0. The van der Waals surface area contributed by atoms with Gasteiger partial charge in [0, 0.05) is 16.2 Å². The maximum Gasteiger partial charge on any atom is 0.505 e. The summed E-state index contributed by atoms with van der Waals surface area (Å²) in [5, 5.41) is 2.92. The third-order valence-electron chi connectivity index (χ3n) is 4.42. The van der Waals surface area contributed by atoms with Crippen LogP contribution in [0.1, 0.15) is 49.4 Å². The lowest BCUT2D eigenvalue weighted by Gasteiger charge is -2.32. The van der Waals surface area contributed by atoms with Crippen molar-refractivity contribution in [2.75, 3.05) is 6.54 Å². The van der Waals surface area contributed by atoms with E-state index in [0.29, 0.717) is 0 Å². The zero-order valence-corrected chi connectivity index (χ0v) is 13.2. The number of nitrogens with one attached hydrogen (secondary N) is 1. The van der Waals surface area contributed by atoms with E-state index >= 15 is 0 Å². The summed E-state index contributed by atoms with van der Waals surface area (Å²) in [6.45, 7) is 8.92. The zero-order valence-electron chi connectivity index (χ0n) is 12.4. The van der Waals surface area contributed by atoms with Crippen LogP contribution in [0.15, 0.2) is 6.07 Å². The zero-order chi connectivity index (χ0) is 14.5. The van der Waals surface area contributed by atoms with Crippen LogP contribution in [-0.4, -0.2) is 30.8 Å². The van der Waals surface area contributed by atoms with E-state index in [9.17, 15) is 4.79 Å². The molecule has 4 nitrogen and oxygen atoms in total. The molecule has 108 valence electrons. The minimum atomic E-state index is -0.371. The minimum Gasteiger partial charge on any atom is -0.399 e. The molecule has 1 amide bonds. The van der Waals surface area contributed by atoms with Gasteiger partial charge in [0.1, 0.15) is 0 Å². The molecule has 1 N–H and O–H groups in total. The van der Waals surface area contributed by atoms with Crippen LogP contribution in [0.4, 0.5) is 0 Å². The highest BCUT2D eigenvalue weighted by Gasteiger charge is 2.52. The van der Waals surface area contributed by atoms with Gasteiger partial charge in [0.05, 0.1) is 16.8 Å². The molecule has 1 aromatic heterocycles. The number of hydrogen-bond acceptors (Lipinski definition) is 4. The van der Waals surface area contributed by atoms with Crippen molar-refractivity contribution < 1.29 is 14.1 Å². The lowest BCUT2D eigenvalue weighted by atomic mass is 9.87. The monoisotopic (exact) mass is 293 g/mol. The van der Waals surface area contributed by atoms with E-state index in [1.165, 1.54) is 0 Å². The maximum absolute atomic E-state index is 12.0. The Bertz CT molecular complexity index is 537. The second-order valence-electron chi connectivity index (χ2n) is 6.43. The van der Waals surface area contributed by atoms with E-state index in [-0.39, 0.29) is 24.2 Å². The summed E-state index contributed by atoms with van der Waals surface area (Å²) in [4.78, 5) is 13.1. The summed E-state index contributed by atoms with van der Waals surface area (Å²) >= 11 is 1.64. The van der Waals surface area contributed by atoms with Gasteiger partial charge in [-0.15, -0.1) is 11.3 Å². The Kier molecular flexibility index (Phi) is 3.23. The highest BCUT2D eigenvalue weighted by Crippen LogP contribution is 2.37. The number of fused-ring (bicyclic) bond motifs is 1. The van der Waals surface area contributed by atoms with Crippen LogP contribution in [0, 0.1) is 0 Å². The van der Waals surface area contributed by atoms with E-state index in [2.05, 4.69) is 5.32 Å². The van der Waals surface area contributed by atoms with Crippen molar-refractivity contribution >= 4 is 29.1 Å². The number of hydrogen-bond donors (Lipinski definition) is 1. The molecular weight excluding hydrogens is 273 g/mol. The molecule has 0 spiro atoms. The molecule has 0 radical (unpaired) electrons. The van der Waals surface area contributed by atoms with Crippen LogP contribution < -0.4 is 10.1 Å². The van der Waals surface area contributed by atoms with Gasteiger partial charge in [-0.1, -0.05) is 0 Å². The van der Waals surface area contributed by atoms with Crippen LogP contribution in [0.3, 0.4) is 0 Å². The van der Waals surface area contributed by atoms with Crippen molar-refractivity contribution in [3.05, 3.63) is 16.5 Å². The van der Waals surface area contributed by atoms with Crippen LogP contribution in [-0.2, 0) is 15.7 Å². The Morgan fingerprint density at radius 3 is 2.55 bits per heavy atom. The Balaban J connectivity index is 1.90. The summed E-state index contributed by atoms with van der Waals surface area (Å²) in [5.74, 6) is 0.0246. The van der Waals surface area contributed by atoms with Crippen molar-refractivity contribution in [3.8, 4) is 0 Å². The third kappa shape index (κ3) is 2.20. The average molecular weight is 293 g/mol. The van der Waals surface area contributed by atoms with Gasteiger partial charge in [0.2, 0.25) is 0 Å². The van der Waals surface area contributed by atoms with E-state index in [1.807, 2.05) is 33.8 Å². The normalized spacial score (nSPS) is 24.2. The number of thiophene rings is 1.